The molecule has 4 aliphatic heterocycles. The molecule has 0 bridgehead atoms. The molecule has 136 heavy (non-hydrogen) atoms. The van der Waals surface area contributed by atoms with Crippen LogP contribution in [-0.2, 0) is 90.8 Å². The van der Waals surface area contributed by atoms with Crippen molar-refractivity contribution in [2.75, 3.05) is 135 Å². The first kappa shape index (κ1) is 98.3. The molecule has 3 aromatic heterocycles. The summed E-state index contributed by atoms with van der Waals surface area (Å²) < 4.78 is 32.4. The number of nitrogens with zero attached hydrogens (tertiary/aromatic N) is 8. The zero-order chi connectivity index (χ0) is 95.7. The summed E-state index contributed by atoms with van der Waals surface area (Å²) in [5.74, 6) is 0.999. The van der Waals surface area contributed by atoms with Gasteiger partial charge in [0.1, 0.15) is 30.7 Å². The number of pyridine rings is 1. The molecule has 3 saturated heterocycles. The number of hydrogen-bond donors (Lipinski definition) is 10. The molecule has 6 aromatic carbocycles. The summed E-state index contributed by atoms with van der Waals surface area (Å²) in [5.41, 5.74) is 8.91. The van der Waals surface area contributed by atoms with Crippen LogP contribution >= 0.6 is 23.5 Å². The zero-order valence-corrected chi connectivity index (χ0v) is 77.4. The lowest BCUT2D eigenvalue weighted by molar-refractivity contribution is -0.138. The van der Waals surface area contributed by atoms with Crippen molar-refractivity contribution in [3.8, 4) is 28.7 Å². The fourth-order valence-corrected chi connectivity index (χ4v) is 18.4. The lowest BCUT2D eigenvalue weighted by atomic mass is 9.87. The van der Waals surface area contributed by atoms with Gasteiger partial charge >= 0.3 is 6.03 Å². The summed E-state index contributed by atoms with van der Waals surface area (Å²) in [6.45, 7) is 3.04. The van der Waals surface area contributed by atoms with Gasteiger partial charge in [0, 0.05) is 128 Å². The number of ether oxygens (including phenoxy) is 5. The SMILES string of the molecule is COc1ccc(C#CCNC2(C)CCN(C3CCN(c4nc([C@@](COCNC(=O)CNC(=O)[C@H](Cc5ccccc5)NC(=O)CNC(=O)CNC(=O)CCOCCOCCN5C(=O)C(Sc6ccccc6)=C(Sc6ccccc6)C5=O)(OC5CC5)c5ccccc5)c5cc(-c6cn(C)c(=O)c7[nH]ccc67)ccc5n4)CC3)CC2)cc1N1CCC(=O)N(CNC(=O)CNC(=O)CCC(N)=O)C1=O. The molecule has 9 aromatic rings. The first-order chi connectivity index (χ1) is 65.9. The Kier molecular flexibility index (Phi) is 34.0. The summed E-state index contributed by atoms with van der Waals surface area (Å²) in [6.07, 6.45) is 7.81. The van der Waals surface area contributed by atoms with Crippen molar-refractivity contribution < 1.29 is 81.2 Å². The van der Waals surface area contributed by atoms with Crippen molar-refractivity contribution >= 4 is 128 Å². The van der Waals surface area contributed by atoms with Crippen LogP contribution in [0.15, 0.2) is 201 Å². The Hall–Kier alpha value is -13.7. The third-order valence-electron chi connectivity index (χ3n) is 23.9. The Morgan fingerprint density at radius 3 is 1.92 bits per heavy atom. The fourth-order valence-electron chi connectivity index (χ4n) is 16.3. The number of methoxy groups -OCH3 is 1. The molecule has 38 heteroatoms. The number of H-pyrrole nitrogens is 1. The van der Waals surface area contributed by atoms with Crippen LogP contribution in [0.3, 0.4) is 0 Å². The molecule has 712 valence electrons. The molecule has 4 fully saturated rings. The number of carbonyl (C=O) groups excluding carboxylic acids is 12. The number of aromatic nitrogens is 4. The maximum atomic E-state index is 14.1. The van der Waals surface area contributed by atoms with Gasteiger partial charge in [-0.2, -0.15) is 0 Å². The van der Waals surface area contributed by atoms with Crippen LogP contribution in [0, 0.1) is 11.8 Å². The third kappa shape index (κ3) is 26.1. The van der Waals surface area contributed by atoms with Crippen LogP contribution in [0.4, 0.5) is 16.4 Å². The Labute approximate surface area is 793 Å². The number of amides is 13. The number of nitrogens with one attached hydrogen (secondary N) is 9. The van der Waals surface area contributed by atoms with E-state index in [4.69, 9.17) is 39.4 Å². The van der Waals surface area contributed by atoms with Gasteiger partial charge in [-0.1, -0.05) is 138 Å². The number of hydrogen-bond acceptors (Lipinski definition) is 25. The van der Waals surface area contributed by atoms with Gasteiger partial charge < -0.3 is 91.3 Å². The highest BCUT2D eigenvalue weighted by molar-refractivity contribution is 8.08. The number of aromatic amines is 1. The number of imide groups is 2. The molecule has 13 amide bonds. The molecule has 0 radical (unpaired) electrons. The number of nitrogens with two attached hydrogens (primary N) is 1. The highest BCUT2D eigenvalue weighted by Gasteiger charge is 2.46. The van der Waals surface area contributed by atoms with Crippen LogP contribution in [0.1, 0.15) is 93.5 Å². The van der Waals surface area contributed by atoms with Gasteiger partial charge in [0.2, 0.25) is 59.1 Å². The van der Waals surface area contributed by atoms with Crippen molar-refractivity contribution in [1.29, 1.82) is 0 Å². The number of piperidine rings is 2. The van der Waals surface area contributed by atoms with Crippen molar-refractivity contribution in [3.63, 3.8) is 0 Å². The lowest BCUT2D eigenvalue weighted by Crippen LogP contribution is -2.56. The zero-order valence-electron chi connectivity index (χ0n) is 75.8. The number of likely N-dealkylation sites (tertiary alicyclic amines) is 1. The van der Waals surface area contributed by atoms with E-state index in [2.05, 4.69) is 76.1 Å². The van der Waals surface area contributed by atoms with E-state index in [0.717, 1.165) is 88.4 Å². The minimum atomic E-state index is -1.42. The summed E-state index contributed by atoms with van der Waals surface area (Å²) in [7, 11) is 3.18. The standard InChI is InChI=1S/C98H110N18O18S2/c1-97(107-41-16-19-65-26-31-78(130-3)77(54-65)114-45-37-86(124)116(96(114)129)62-105-83(121)57-101-80(118)33-32-79(99)117)39-46-112(47-40-97)68-35-43-113(44-36-68)95-109-75-30-27-66(74-60-111(2)92(126)87-72(74)34-42-100-87)55-73(75)90(110-95)98(134-69-28-29-69,67-20-10-5-11-21-67)61-133-63-106-84(122)58-104-91(125)76(53-64-17-8-4-9-18-64)108-85(123)59-103-82(120)56-102-81(119)38-49-131-51-52-132-50-48-115-93(127)88(135-70-22-12-6-13-23-70)89(94(115)128)136-71-24-14-7-15-25-71/h4-15,17-18,20-27,30-31,34,42,54-55,60,68-69,76,100,107H,28-29,32-33,35-41,43-53,56-59,61-63H2,1-3H3,(H2,99,117)(H,101,118)(H,102,119)(H,103,120)(H,104,125)(H,105,121)(H,106,122)(H,108,123)/t76-,98-/m0/s1. The van der Waals surface area contributed by atoms with E-state index in [-0.39, 0.29) is 108 Å². The predicted molar refractivity (Wildman–Crippen MR) is 509 cm³/mol. The van der Waals surface area contributed by atoms with Gasteiger partial charge in [-0.05, 0) is 123 Å². The van der Waals surface area contributed by atoms with Gasteiger partial charge in [0.05, 0.1) is 112 Å². The molecule has 5 aliphatic rings. The first-order valence-electron chi connectivity index (χ1n) is 45.2. The Bertz CT molecular complexity index is 5960. The third-order valence-corrected chi connectivity index (χ3v) is 26.2. The van der Waals surface area contributed by atoms with Gasteiger partial charge in [0.25, 0.3) is 17.4 Å². The minimum Gasteiger partial charge on any atom is -0.495 e. The van der Waals surface area contributed by atoms with Crippen molar-refractivity contribution in [1.82, 2.24) is 76.8 Å². The predicted octanol–water partition coefficient (Wildman–Crippen LogP) is 5.74. The van der Waals surface area contributed by atoms with E-state index in [1.807, 2.05) is 121 Å². The van der Waals surface area contributed by atoms with E-state index in [1.165, 1.54) is 40.4 Å². The summed E-state index contributed by atoms with van der Waals surface area (Å²) >= 11 is 2.48. The largest absolute Gasteiger partial charge is 0.495 e. The van der Waals surface area contributed by atoms with E-state index in [0.29, 0.717) is 80.1 Å². The Morgan fingerprint density at radius 2 is 1.25 bits per heavy atom. The number of thioether (sulfide) groups is 2. The smallest absolute Gasteiger partial charge is 0.332 e. The molecule has 7 heterocycles. The fraction of sp³-hybridized carbons (Fsp3) is 0.378. The number of aryl methyl sites for hydroxylation is 1. The van der Waals surface area contributed by atoms with Crippen LogP contribution in [-0.4, -0.2) is 254 Å². The lowest BCUT2D eigenvalue weighted by Gasteiger charge is -2.45. The Morgan fingerprint density at radius 1 is 0.625 bits per heavy atom. The van der Waals surface area contributed by atoms with E-state index >= 15 is 0 Å². The molecular weight excluding hydrogens is 1780 g/mol. The molecule has 0 unspecified atom stereocenters. The van der Waals surface area contributed by atoms with E-state index in [1.54, 1.807) is 66.3 Å². The molecule has 36 nitrogen and oxygen atoms in total. The number of rotatable bonds is 45. The molecule has 14 rings (SSSR count). The van der Waals surface area contributed by atoms with Crippen molar-refractivity contribution in [3.05, 3.63) is 219 Å². The maximum absolute atomic E-state index is 14.1. The number of fused-ring (bicyclic) bond motifs is 2. The van der Waals surface area contributed by atoms with E-state index in [9.17, 15) is 62.3 Å². The van der Waals surface area contributed by atoms with E-state index < -0.39 is 116 Å². The molecule has 1 saturated carbocycles. The first-order valence-corrected chi connectivity index (χ1v) is 46.8. The molecule has 1 aliphatic carbocycles. The summed E-state index contributed by atoms with van der Waals surface area (Å²) in [6, 6.07) is 48.8. The molecular formula is C98H110N18O18S2. The van der Waals surface area contributed by atoms with Crippen LogP contribution in [0.2, 0.25) is 0 Å². The van der Waals surface area contributed by atoms with Crippen molar-refractivity contribution in [2.24, 2.45) is 12.8 Å². The summed E-state index contributed by atoms with van der Waals surface area (Å²) in [5, 5.41) is 23.1. The van der Waals surface area contributed by atoms with Gasteiger partial charge in [0.15, 0.2) is 5.60 Å². The van der Waals surface area contributed by atoms with Crippen LogP contribution < -0.4 is 68.4 Å². The van der Waals surface area contributed by atoms with Gasteiger partial charge in [-0.25, -0.2) is 19.7 Å². The normalized spacial score (nSPS) is 15.9. The number of carbonyl (C=O) groups is 12. The number of anilines is 2. The summed E-state index contributed by atoms with van der Waals surface area (Å²) in [4.78, 5) is 195. The molecule has 2 atom stereocenters. The van der Waals surface area contributed by atoms with Gasteiger partial charge in [-0.15, -0.1) is 0 Å². The minimum absolute atomic E-state index is 0.00622. The molecule has 11 N–H and O–H groups in total. The molecule has 0 spiro atoms. The monoisotopic (exact) mass is 1890 g/mol. The second kappa shape index (κ2) is 47.0. The second-order valence-corrected chi connectivity index (χ2v) is 35.8. The number of urea groups is 1. The van der Waals surface area contributed by atoms with Crippen LogP contribution in [0.5, 0.6) is 5.75 Å². The highest BCUT2D eigenvalue weighted by atomic mass is 32.2. The maximum Gasteiger partial charge on any atom is 0.332 e. The topological polar surface area (TPSA) is 453 Å². The number of primary amides is 1. The average molecular weight is 1890 g/mol. The van der Waals surface area contributed by atoms with Crippen LogP contribution in [0.25, 0.3) is 32.9 Å². The number of benzene rings is 6. The average Bonchev–Trinajstić information content (AvgIpc) is 1.13. The van der Waals surface area contributed by atoms with Gasteiger partial charge in [-0.3, -0.25) is 67.3 Å². The second-order valence-electron chi connectivity index (χ2n) is 33.6. The quantitative estimate of drug-likeness (QED) is 0.00941. The van der Waals surface area contributed by atoms with Crippen molar-refractivity contribution in [2.45, 2.75) is 117 Å². The highest BCUT2D eigenvalue weighted by Crippen LogP contribution is 2.46. The Balaban J connectivity index is 0.561.